The molecule has 0 amide bonds. The quantitative estimate of drug-likeness (QED) is 0.652. The molecule has 0 radical (unpaired) electrons. The Hall–Kier alpha value is -0.880. The van der Waals surface area contributed by atoms with Crippen LogP contribution in [-0.2, 0) is 10.7 Å². The van der Waals surface area contributed by atoms with Gasteiger partial charge in [0.1, 0.15) is 0 Å². The largest absolute Gasteiger partial charge is 0.262 e. The second-order valence-corrected chi connectivity index (χ2v) is 3.10. The van der Waals surface area contributed by atoms with Crippen LogP contribution in [0.3, 0.4) is 0 Å². The van der Waals surface area contributed by atoms with Gasteiger partial charge in [-0.05, 0) is 5.56 Å². The Morgan fingerprint density at radius 2 is 1.90 bits per heavy atom. The molecule has 52 valence electrons. The van der Waals surface area contributed by atoms with E-state index < -0.39 is 7.59 Å². The third kappa shape index (κ3) is 2.16. The van der Waals surface area contributed by atoms with Crippen LogP contribution in [0.2, 0.25) is 0 Å². The Labute approximate surface area is 60.2 Å². The first-order valence-electron chi connectivity index (χ1n) is 2.99. The monoisotopic (exact) mass is 153 g/mol. The van der Waals surface area contributed by atoms with Gasteiger partial charge in [0.15, 0.2) is 7.59 Å². The van der Waals surface area contributed by atoms with Gasteiger partial charge in [-0.15, -0.1) is 0 Å². The van der Waals surface area contributed by atoms with Crippen molar-refractivity contribution in [1.29, 1.82) is 5.16 Å². The molecule has 0 spiro atoms. The third-order valence-corrected chi connectivity index (χ3v) is 1.82. The number of benzene rings is 1. The van der Waals surface area contributed by atoms with E-state index in [1.807, 2.05) is 30.3 Å². The molecule has 0 aliphatic carbocycles. The fraction of sp³-hybridized carbons (Fsp3) is 0.143. The standard InChI is InChI=1S/C7H8NOP/c8-10(9)6-7-4-2-1-3-5-7/h1-5,8H,6H2. The first kappa shape index (κ1) is 7.23. The number of nitrogens with one attached hydrogen (secondary N) is 1. The fourth-order valence-corrected chi connectivity index (χ4v) is 1.29. The van der Waals surface area contributed by atoms with Gasteiger partial charge in [-0.25, -0.2) is 0 Å². The zero-order valence-corrected chi connectivity index (χ0v) is 6.34. The van der Waals surface area contributed by atoms with E-state index in [2.05, 4.69) is 0 Å². The predicted molar refractivity (Wildman–Crippen MR) is 40.5 cm³/mol. The average molecular weight is 153 g/mol. The van der Waals surface area contributed by atoms with E-state index in [4.69, 9.17) is 5.16 Å². The minimum Gasteiger partial charge on any atom is -0.262 e. The van der Waals surface area contributed by atoms with Gasteiger partial charge in [-0.2, -0.15) is 0 Å². The van der Waals surface area contributed by atoms with Crippen LogP contribution < -0.4 is 0 Å². The SMILES string of the molecule is N=P(=O)Cc1ccccc1. The van der Waals surface area contributed by atoms with Crippen LogP contribution in [0, 0.1) is 5.16 Å². The van der Waals surface area contributed by atoms with E-state index in [9.17, 15) is 4.57 Å². The summed E-state index contributed by atoms with van der Waals surface area (Å²) in [6.45, 7) is 0. The first-order chi connectivity index (χ1) is 4.79. The molecule has 10 heavy (non-hydrogen) atoms. The minimum absolute atomic E-state index is 0.371. The van der Waals surface area contributed by atoms with Crippen molar-refractivity contribution in [3.05, 3.63) is 35.9 Å². The van der Waals surface area contributed by atoms with E-state index in [0.29, 0.717) is 6.16 Å². The molecule has 0 aromatic heterocycles. The summed E-state index contributed by atoms with van der Waals surface area (Å²) in [6, 6.07) is 9.42. The molecule has 0 bridgehead atoms. The lowest BCUT2D eigenvalue weighted by molar-refractivity contribution is 0.591. The van der Waals surface area contributed by atoms with Gasteiger partial charge in [0.2, 0.25) is 0 Å². The predicted octanol–water partition coefficient (Wildman–Crippen LogP) is 2.78. The molecule has 0 saturated heterocycles. The Morgan fingerprint density at radius 1 is 1.30 bits per heavy atom. The normalized spacial score (nSPS) is 11.0. The molecule has 1 aromatic rings. The average Bonchev–Trinajstić information content (AvgIpc) is 1.88. The molecule has 0 heterocycles. The van der Waals surface area contributed by atoms with Gasteiger partial charge in [-0.3, -0.25) is 9.73 Å². The van der Waals surface area contributed by atoms with Crippen molar-refractivity contribution in [3.8, 4) is 0 Å². The van der Waals surface area contributed by atoms with Gasteiger partial charge in [0, 0.05) is 0 Å². The maximum Gasteiger partial charge on any atom is 0.191 e. The zero-order chi connectivity index (χ0) is 7.40. The highest BCUT2D eigenvalue weighted by molar-refractivity contribution is 7.31. The highest BCUT2D eigenvalue weighted by Crippen LogP contribution is 2.13. The molecule has 1 N–H and O–H groups in total. The molecule has 3 heteroatoms. The Morgan fingerprint density at radius 3 is 2.40 bits per heavy atom. The molecule has 0 saturated carbocycles. The summed E-state index contributed by atoms with van der Waals surface area (Å²) in [4.78, 5) is 0. The molecular weight excluding hydrogens is 145 g/mol. The summed E-state index contributed by atoms with van der Waals surface area (Å²) >= 11 is 0. The Balaban J connectivity index is 2.77. The van der Waals surface area contributed by atoms with Gasteiger partial charge in [0.25, 0.3) is 0 Å². The minimum atomic E-state index is -1.78. The van der Waals surface area contributed by atoms with E-state index in [1.54, 1.807) is 0 Å². The molecule has 1 unspecified atom stereocenters. The molecule has 2 nitrogen and oxygen atoms in total. The van der Waals surface area contributed by atoms with Crippen molar-refractivity contribution in [2.24, 2.45) is 0 Å². The van der Waals surface area contributed by atoms with Gasteiger partial charge >= 0.3 is 0 Å². The van der Waals surface area contributed by atoms with Crippen molar-refractivity contribution >= 4 is 7.59 Å². The molecule has 0 fully saturated rings. The summed E-state index contributed by atoms with van der Waals surface area (Å²) in [5.74, 6) is 0. The van der Waals surface area contributed by atoms with Crippen LogP contribution in [-0.4, -0.2) is 0 Å². The molecular formula is C7H8NOP. The zero-order valence-electron chi connectivity index (χ0n) is 5.45. The van der Waals surface area contributed by atoms with Gasteiger partial charge in [0.05, 0.1) is 6.16 Å². The maximum absolute atomic E-state index is 10.4. The lowest BCUT2D eigenvalue weighted by Gasteiger charge is -1.89. The van der Waals surface area contributed by atoms with Crippen molar-refractivity contribution in [3.63, 3.8) is 0 Å². The highest BCUT2D eigenvalue weighted by Gasteiger charge is 1.89. The van der Waals surface area contributed by atoms with E-state index >= 15 is 0 Å². The van der Waals surface area contributed by atoms with Crippen molar-refractivity contribution in [1.82, 2.24) is 0 Å². The van der Waals surface area contributed by atoms with Crippen LogP contribution in [0.5, 0.6) is 0 Å². The first-order valence-corrected chi connectivity index (χ1v) is 4.43. The van der Waals surface area contributed by atoms with Crippen LogP contribution >= 0.6 is 7.59 Å². The number of rotatable bonds is 2. The summed E-state index contributed by atoms with van der Waals surface area (Å²) < 4.78 is 10.4. The van der Waals surface area contributed by atoms with Gasteiger partial charge < -0.3 is 0 Å². The van der Waals surface area contributed by atoms with Crippen LogP contribution in [0.4, 0.5) is 0 Å². The Bertz CT molecular complexity index is 258. The number of hydrogen-bond acceptors (Lipinski definition) is 2. The van der Waals surface area contributed by atoms with Crippen molar-refractivity contribution in [2.75, 3.05) is 0 Å². The van der Waals surface area contributed by atoms with Gasteiger partial charge in [-0.1, -0.05) is 30.3 Å². The number of hydrogen-bond donors (Lipinski definition) is 1. The van der Waals surface area contributed by atoms with E-state index in [0.717, 1.165) is 5.56 Å². The van der Waals surface area contributed by atoms with Crippen LogP contribution in [0.15, 0.2) is 30.3 Å². The second kappa shape index (κ2) is 3.33. The highest BCUT2D eigenvalue weighted by atomic mass is 31.1. The van der Waals surface area contributed by atoms with Crippen molar-refractivity contribution in [2.45, 2.75) is 6.16 Å². The van der Waals surface area contributed by atoms with E-state index in [1.165, 1.54) is 0 Å². The topological polar surface area (TPSA) is 40.9 Å². The summed E-state index contributed by atoms with van der Waals surface area (Å²) in [6.07, 6.45) is 0.371. The third-order valence-electron chi connectivity index (χ3n) is 1.17. The molecule has 0 aliphatic rings. The maximum atomic E-state index is 10.4. The smallest absolute Gasteiger partial charge is 0.191 e. The van der Waals surface area contributed by atoms with E-state index in [-0.39, 0.29) is 0 Å². The second-order valence-electron chi connectivity index (χ2n) is 2.02. The van der Waals surface area contributed by atoms with Crippen LogP contribution in [0.25, 0.3) is 0 Å². The molecule has 1 rings (SSSR count). The lowest BCUT2D eigenvalue weighted by Crippen LogP contribution is -1.73. The molecule has 0 aliphatic heterocycles. The molecule has 1 atom stereocenters. The van der Waals surface area contributed by atoms with Crippen LogP contribution in [0.1, 0.15) is 5.56 Å². The Kier molecular flexibility index (Phi) is 2.41. The van der Waals surface area contributed by atoms with Crippen molar-refractivity contribution < 1.29 is 4.57 Å². The lowest BCUT2D eigenvalue weighted by atomic mass is 10.2. The summed E-state index contributed by atoms with van der Waals surface area (Å²) in [7, 11) is -1.78. The molecule has 1 aromatic carbocycles. The fourth-order valence-electron chi connectivity index (χ4n) is 0.749. The summed E-state index contributed by atoms with van der Waals surface area (Å²) in [5.41, 5.74) is 0.971. The summed E-state index contributed by atoms with van der Waals surface area (Å²) in [5, 5.41) is 6.82.